The van der Waals surface area contributed by atoms with Gasteiger partial charge in [-0.3, -0.25) is 4.79 Å². The molecule has 0 aliphatic rings. The van der Waals surface area contributed by atoms with Crippen LogP contribution in [0, 0.1) is 0 Å². The monoisotopic (exact) mass is 867 g/mol. The molecular weight excluding hydrogens is 851 g/mol. The van der Waals surface area contributed by atoms with Crippen LogP contribution in [0.3, 0.4) is 0 Å². The van der Waals surface area contributed by atoms with Crippen LogP contribution < -0.4 is 124 Å². The summed E-state index contributed by atoms with van der Waals surface area (Å²) >= 11 is 0. The minimum atomic E-state index is -5.73. The molecule has 5 aromatic rings. The van der Waals surface area contributed by atoms with Gasteiger partial charge in [0.1, 0.15) is 57.5 Å². The van der Waals surface area contributed by atoms with E-state index in [0.717, 1.165) is 55.5 Å². The van der Waals surface area contributed by atoms with Crippen molar-refractivity contribution in [2.75, 3.05) is 5.32 Å². The molecule has 0 aliphatic carbocycles. The van der Waals surface area contributed by atoms with E-state index in [1.165, 1.54) is 18.2 Å². The van der Waals surface area contributed by atoms with Crippen LogP contribution in [0.1, 0.15) is 6.92 Å². The van der Waals surface area contributed by atoms with Crippen LogP contribution in [0.5, 0.6) is 5.75 Å². The first-order valence-corrected chi connectivity index (χ1v) is 19.1. The number of nitrogens with one attached hydrogen (secondary N) is 1. The number of fused-ring (bicyclic) bond motifs is 2. The van der Waals surface area contributed by atoms with Gasteiger partial charge in [0, 0.05) is 23.1 Å². The van der Waals surface area contributed by atoms with E-state index in [-0.39, 0.29) is 140 Å². The number of anilines is 1. The Hall–Kier alpha value is -1.27. The normalized spacial score (nSPS) is 12.1. The van der Waals surface area contributed by atoms with Crippen molar-refractivity contribution in [3.8, 4) is 5.75 Å². The van der Waals surface area contributed by atoms with Gasteiger partial charge >= 0.3 is 118 Å². The van der Waals surface area contributed by atoms with Gasteiger partial charge in [0.15, 0.2) is 5.75 Å². The molecule has 0 fully saturated rings. The first kappa shape index (κ1) is 51.7. The summed E-state index contributed by atoms with van der Waals surface area (Å²) in [6.45, 7) is 0.989. The number of hydrogen-bond donors (Lipinski definition) is 2. The number of rotatable bonds is 9. The van der Waals surface area contributed by atoms with Gasteiger partial charge in [0.25, 0.3) is 0 Å². The van der Waals surface area contributed by atoms with Gasteiger partial charge in [0.2, 0.25) is 5.91 Å². The maximum absolute atomic E-state index is 12.6. The minimum Gasteiger partial charge on any atom is -0.744 e. The van der Waals surface area contributed by atoms with Crippen LogP contribution in [0.4, 0.5) is 28.4 Å². The molecule has 0 saturated carbocycles. The molecule has 0 saturated heterocycles. The molecule has 0 unspecified atom stereocenters. The molecule has 2 N–H and O–H groups in total. The van der Waals surface area contributed by atoms with Crippen LogP contribution in [-0.4, -0.2) is 62.9 Å². The van der Waals surface area contributed by atoms with Gasteiger partial charge in [-0.25, -0.2) is 33.7 Å². The number of amides is 1. The molecule has 5 rings (SSSR count). The summed E-state index contributed by atoms with van der Waals surface area (Å²) in [6, 6.07) is 11.8. The number of hydrogen-bond acceptors (Lipinski definition) is 18. The zero-order valence-corrected chi connectivity index (χ0v) is 40.4. The summed E-state index contributed by atoms with van der Waals surface area (Å²) in [4.78, 5) is 8.32. The molecule has 0 radical (unpaired) electrons. The van der Waals surface area contributed by atoms with Gasteiger partial charge in [-0.2, -0.15) is 5.11 Å². The van der Waals surface area contributed by atoms with E-state index < -0.39 is 99.5 Å². The Morgan fingerprint density at radius 3 is 1.55 bits per heavy atom. The van der Waals surface area contributed by atoms with Crippen LogP contribution in [-0.2, 0) is 45.3 Å². The summed E-state index contributed by atoms with van der Waals surface area (Å²) in [6.07, 6.45) is 0. The fourth-order valence-electron chi connectivity index (χ4n) is 4.72. The predicted octanol–water partition coefficient (Wildman–Crippen LogP) is -7.88. The fraction of sp³-hybridized carbons (Fsp3) is 0.0357. The Balaban J connectivity index is 0.00000378. The first-order chi connectivity index (χ1) is 23.6. The van der Waals surface area contributed by atoms with E-state index >= 15 is 0 Å². The molecular formula is C28H17N5Na4O14S4. The molecule has 19 nitrogen and oxygen atoms in total. The predicted molar refractivity (Wildman–Crippen MR) is 171 cm³/mol. The molecule has 0 aliphatic heterocycles. The molecule has 5 aromatic carbocycles. The van der Waals surface area contributed by atoms with Crippen molar-refractivity contribution in [3.05, 3.63) is 72.8 Å². The first-order valence-electron chi connectivity index (χ1n) is 13.5. The average molecular weight is 868 g/mol. The van der Waals surface area contributed by atoms with E-state index in [4.69, 9.17) is 0 Å². The third kappa shape index (κ3) is 12.1. The second-order valence-corrected chi connectivity index (χ2v) is 15.8. The number of carbonyl (C=O) groups excluding carboxylic acids is 1. The van der Waals surface area contributed by atoms with Crippen molar-refractivity contribution in [1.82, 2.24) is 0 Å². The fourth-order valence-corrected chi connectivity index (χ4v) is 6.99. The molecule has 0 heterocycles. The summed E-state index contributed by atoms with van der Waals surface area (Å²) in [5.41, 5.74) is -2.48. The standard InChI is InChI=1S/C28H21N5O14S4.4Na/c1-14(34)29-25-20-10-9-19(50(42,43)44)13-22(20)28(51(45,46)47)26(27(25)35)33-32-24-21-12-18(49(39,40)41)6-2-15(21)3-11-23(24)31-30-16-4-7-17(8-5-16)48(36,37)38;;;;/h2-13,35H,1H3,(H,29,34)(H,36,37,38)(H,39,40,41)(H,42,43,44)(H,45,46,47);;;;/q;4*+1/p-4. The van der Waals surface area contributed by atoms with Gasteiger partial charge in [-0.15, -0.1) is 15.3 Å². The Labute approximate surface area is 401 Å². The minimum absolute atomic E-state index is 0. The summed E-state index contributed by atoms with van der Waals surface area (Å²) in [5.74, 6) is -2.00. The second-order valence-electron chi connectivity index (χ2n) is 10.3. The molecule has 0 atom stereocenters. The second kappa shape index (κ2) is 19.7. The zero-order chi connectivity index (χ0) is 37.7. The van der Waals surface area contributed by atoms with Crippen molar-refractivity contribution in [1.29, 1.82) is 0 Å². The third-order valence-corrected chi connectivity index (χ3v) is 10.3. The van der Waals surface area contributed by atoms with Crippen LogP contribution in [0.25, 0.3) is 21.5 Å². The molecule has 1 amide bonds. The van der Waals surface area contributed by atoms with Crippen LogP contribution in [0.2, 0.25) is 0 Å². The molecule has 0 aromatic heterocycles. The molecule has 266 valence electrons. The number of phenolic OH excluding ortho intramolecular Hbond substituents is 1. The molecule has 0 bridgehead atoms. The van der Waals surface area contributed by atoms with E-state index in [0.29, 0.717) is 6.07 Å². The van der Waals surface area contributed by atoms with Crippen LogP contribution in [0.15, 0.2) is 113 Å². The van der Waals surface area contributed by atoms with Crippen molar-refractivity contribution in [2.24, 2.45) is 20.5 Å². The quantitative estimate of drug-likeness (QED) is 0.0602. The maximum Gasteiger partial charge on any atom is 1.00 e. The van der Waals surface area contributed by atoms with Crippen LogP contribution >= 0.6 is 0 Å². The van der Waals surface area contributed by atoms with Gasteiger partial charge in [0.05, 0.1) is 31.0 Å². The van der Waals surface area contributed by atoms with E-state index in [2.05, 4.69) is 25.8 Å². The Morgan fingerprint density at radius 1 is 0.564 bits per heavy atom. The van der Waals surface area contributed by atoms with Crippen molar-refractivity contribution < 1.29 is 180 Å². The van der Waals surface area contributed by atoms with Gasteiger partial charge in [-0.05, 0) is 60.0 Å². The number of carbonyl (C=O) groups is 1. The Morgan fingerprint density at radius 2 is 1.04 bits per heavy atom. The van der Waals surface area contributed by atoms with Gasteiger partial charge in [-0.1, -0.05) is 18.2 Å². The SMILES string of the molecule is CC(=O)Nc1c(O)c(N=Nc2c(N=Nc3ccc(S(=O)(=O)[O-])cc3)ccc3ccc(S(=O)(=O)[O-])cc23)c(S(=O)(=O)[O-])c2cc(S(=O)(=O)[O-])ccc12.[Na+].[Na+].[Na+].[Na+]. The van der Waals surface area contributed by atoms with Crippen molar-refractivity contribution in [2.45, 2.75) is 26.5 Å². The van der Waals surface area contributed by atoms with E-state index in [1.54, 1.807) is 0 Å². The molecule has 27 heteroatoms. The molecule has 55 heavy (non-hydrogen) atoms. The zero-order valence-electron chi connectivity index (χ0n) is 29.1. The van der Waals surface area contributed by atoms with Gasteiger partial charge < -0.3 is 28.6 Å². The van der Waals surface area contributed by atoms with E-state index in [9.17, 15) is 61.8 Å². The summed E-state index contributed by atoms with van der Waals surface area (Å²) in [7, 11) is -20.9. The number of azo groups is 2. The largest absolute Gasteiger partial charge is 1.00 e. The molecule has 0 spiro atoms. The summed E-state index contributed by atoms with van der Waals surface area (Å²) in [5, 5.41) is 27.8. The topological polar surface area (TPSA) is 328 Å². The Bertz CT molecular complexity index is 2830. The maximum atomic E-state index is 12.6. The smallest absolute Gasteiger partial charge is 0.744 e. The summed E-state index contributed by atoms with van der Waals surface area (Å²) < 4.78 is 143. The number of benzene rings is 5. The average Bonchev–Trinajstić information content (AvgIpc) is 3.02. The number of nitrogens with zero attached hydrogens (tertiary/aromatic N) is 4. The van der Waals surface area contributed by atoms with E-state index in [1.807, 2.05) is 0 Å². The van der Waals surface area contributed by atoms with Crippen molar-refractivity contribution in [3.63, 3.8) is 0 Å². The Kier molecular flexibility index (Phi) is 18.5. The number of phenols is 1. The van der Waals surface area contributed by atoms with Crippen molar-refractivity contribution >= 4 is 96.4 Å². The number of aromatic hydroxyl groups is 1. The third-order valence-electron chi connectivity index (χ3n) is 6.90.